The SMILES string of the molecule is Cc1ccc(-n2c(=O)c3cc4c(=O)n(C)c(=O)c4cc3c2=O)cc1Cl. The summed E-state index contributed by atoms with van der Waals surface area (Å²) >= 11 is 6.09. The lowest BCUT2D eigenvalue weighted by Crippen LogP contribution is -2.23. The zero-order valence-electron chi connectivity index (χ0n) is 13.3. The van der Waals surface area contributed by atoms with Crippen LogP contribution in [0.25, 0.3) is 27.2 Å². The quantitative estimate of drug-likeness (QED) is 0.517. The molecule has 0 saturated heterocycles. The Bertz CT molecular complexity index is 1320. The van der Waals surface area contributed by atoms with Crippen LogP contribution in [-0.2, 0) is 7.05 Å². The molecule has 0 amide bonds. The van der Waals surface area contributed by atoms with Crippen LogP contribution >= 0.6 is 11.6 Å². The molecular formula is C18H11ClN2O4. The third kappa shape index (κ3) is 1.97. The molecule has 2 heterocycles. The summed E-state index contributed by atoms with van der Waals surface area (Å²) in [5.74, 6) is 0. The van der Waals surface area contributed by atoms with Crippen molar-refractivity contribution in [2.75, 3.05) is 0 Å². The Morgan fingerprint density at radius 3 is 1.72 bits per heavy atom. The largest absolute Gasteiger partial charge is 0.277 e. The molecule has 25 heavy (non-hydrogen) atoms. The fourth-order valence-electron chi connectivity index (χ4n) is 3.05. The smallest absolute Gasteiger partial charge is 0.266 e. The Labute approximate surface area is 144 Å². The molecule has 0 aliphatic rings. The van der Waals surface area contributed by atoms with Gasteiger partial charge >= 0.3 is 0 Å². The van der Waals surface area contributed by atoms with E-state index in [9.17, 15) is 19.2 Å². The molecular weight excluding hydrogens is 344 g/mol. The second-order valence-corrected chi connectivity index (χ2v) is 6.40. The molecule has 4 rings (SSSR count). The van der Waals surface area contributed by atoms with Gasteiger partial charge in [0.1, 0.15) is 0 Å². The maximum atomic E-state index is 12.7. The Hall–Kier alpha value is -2.99. The number of aromatic nitrogens is 2. The summed E-state index contributed by atoms with van der Waals surface area (Å²) in [6, 6.07) is 7.52. The Kier molecular flexibility index (Phi) is 3.11. The molecule has 2 aromatic heterocycles. The van der Waals surface area contributed by atoms with Gasteiger partial charge in [0.25, 0.3) is 22.2 Å². The number of fused-ring (bicyclic) bond motifs is 2. The first kappa shape index (κ1) is 15.5. The second kappa shape index (κ2) is 5.00. The summed E-state index contributed by atoms with van der Waals surface area (Å²) < 4.78 is 1.97. The average Bonchev–Trinajstić information content (AvgIpc) is 2.96. The average molecular weight is 355 g/mol. The number of hydrogen-bond acceptors (Lipinski definition) is 4. The van der Waals surface area contributed by atoms with Gasteiger partial charge < -0.3 is 0 Å². The number of nitrogens with zero attached hydrogens (tertiary/aromatic N) is 2. The Morgan fingerprint density at radius 1 is 0.760 bits per heavy atom. The van der Waals surface area contributed by atoms with E-state index in [-0.39, 0.29) is 21.5 Å². The lowest BCUT2D eigenvalue weighted by molar-refractivity contribution is 0.856. The maximum absolute atomic E-state index is 12.7. The normalized spacial score (nSPS) is 11.6. The fourth-order valence-corrected chi connectivity index (χ4v) is 3.22. The lowest BCUT2D eigenvalue weighted by Gasteiger charge is -2.03. The number of aryl methyl sites for hydroxylation is 1. The first-order valence-corrected chi connectivity index (χ1v) is 7.84. The van der Waals surface area contributed by atoms with Crippen LogP contribution in [0.15, 0.2) is 49.5 Å². The van der Waals surface area contributed by atoms with E-state index in [0.717, 1.165) is 14.7 Å². The van der Waals surface area contributed by atoms with E-state index < -0.39 is 22.2 Å². The number of hydrogen-bond donors (Lipinski definition) is 0. The van der Waals surface area contributed by atoms with E-state index in [2.05, 4.69) is 0 Å². The van der Waals surface area contributed by atoms with Crippen LogP contribution in [0, 0.1) is 6.92 Å². The van der Waals surface area contributed by atoms with Crippen LogP contribution in [-0.4, -0.2) is 9.13 Å². The van der Waals surface area contributed by atoms with E-state index in [4.69, 9.17) is 11.6 Å². The molecule has 0 atom stereocenters. The van der Waals surface area contributed by atoms with Crippen molar-refractivity contribution >= 4 is 33.1 Å². The summed E-state index contributed by atoms with van der Waals surface area (Å²) in [6.07, 6.45) is 0. The zero-order chi connectivity index (χ0) is 18.0. The molecule has 4 aromatic rings. The highest BCUT2D eigenvalue weighted by molar-refractivity contribution is 6.31. The van der Waals surface area contributed by atoms with E-state index >= 15 is 0 Å². The number of benzene rings is 2. The molecule has 2 aromatic carbocycles. The molecule has 124 valence electrons. The van der Waals surface area contributed by atoms with Gasteiger partial charge in [0.2, 0.25) is 0 Å². The third-order valence-electron chi connectivity index (χ3n) is 4.51. The minimum absolute atomic E-state index is 0.108. The molecule has 0 saturated carbocycles. The van der Waals surface area contributed by atoms with Crippen molar-refractivity contribution in [1.82, 2.24) is 9.13 Å². The summed E-state index contributed by atoms with van der Waals surface area (Å²) in [5, 5.41) is 0.921. The molecule has 0 spiro atoms. The van der Waals surface area contributed by atoms with Gasteiger partial charge in [-0.15, -0.1) is 0 Å². The molecule has 0 N–H and O–H groups in total. The topological polar surface area (TPSA) is 78.1 Å². The van der Waals surface area contributed by atoms with E-state index in [1.165, 1.54) is 25.2 Å². The fraction of sp³-hybridized carbons (Fsp3) is 0.111. The van der Waals surface area contributed by atoms with Crippen molar-refractivity contribution in [2.24, 2.45) is 7.05 Å². The van der Waals surface area contributed by atoms with E-state index in [0.29, 0.717) is 10.7 Å². The second-order valence-electron chi connectivity index (χ2n) is 5.99. The standard InChI is InChI=1S/C18H11ClN2O4/c1-8-3-4-9(5-14(8)19)21-17(24)12-6-10-11(7-13(12)18(21)25)16(23)20(2)15(10)22/h3-7H,1-2H3. The highest BCUT2D eigenvalue weighted by Crippen LogP contribution is 2.20. The monoisotopic (exact) mass is 354 g/mol. The lowest BCUT2D eigenvalue weighted by atomic mass is 10.1. The molecule has 7 heteroatoms. The van der Waals surface area contributed by atoms with Crippen molar-refractivity contribution in [3.63, 3.8) is 0 Å². The van der Waals surface area contributed by atoms with Gasteiger partial charge in [-0.1, -0.05) is 17.7 Å². The number of rotatable bonds is 1. The molecule has 0 aliphatic carbocycles. The first-order chi connectivity index (χ1) is 11.8. The van der Waals surface area contributed by atoms with Crippen LogP contribution in [0.1, 0.15) is 5.56 Å². The van der Waals surface area contributed by atoms with Crippen molar-refractivity contribution in [1.29, 1.82) is 0 Å². The Balaban J connectivity index is 2.17. The maximum Gasteiger partial charge on any atom is 0.266 e. The van der Waals surface area contributed by atoms with Crippen LogP contribution in [0.2, 0.25) is 5.02 Å². The predicted molar refractivity (Wildman–Crippen MR) is 97.0 cm³/mol. The zero-order valence-corrected chi connectivity index (χ0v) is 14.0. The van der Waals surface area contributed by atoms with Gasteiger partial charge in [0, 0.05) is 12.1 Å². The summed E-state index contributed by atoms with van der Waals surface area (Å²) in [6.45, 7) is 1.81. The number of halogens is 1. The van der Waals surface area contributed by atoms with Crippen molar-refractivity contribution in [2.45, 2.75) is 6.92 Å². The summed E-state index contributed by atoms with van der Waals surface area (Å²) in [5.41, 5.74) is -0.897. The van der Waals surface area contributed by atoms with E-state index in [1.54, 1.807) is 12.1 Å². The molecule has 0 fully saturated rings. The van der Waals surface area contributed by atoms with Crippen LogP contribution < -0.4 is 22.2 Å². The van der Waals surface area contributed by atoms with Gasteiger partial charge in [-0.2, -0.15) is 0 Å². The van der Waals surface area contributed by atoms with Crippen molar-refractivity contribution in [3.8, 4) is 5.69 Å². The highest BCUT2D eigenvalue weighted by Gasteiger charge is 2.19. The van der Waals surface area contributed by atoms with Crippen molar-refractivity contribution < 1.29 is 0 Å². The minimum atomic E-state index is -0.544. The van der Waals surface area contributed by atoms with Gasteiger partial charge in [-0.25, -0.2) is 4.57 Å². The molecule has 0 bridgehead atoms. The summed E-state index contributed by atoms with van der Waals surface area (Å²) in [7, 11) is 1.36. The minimum Gasteiger partial charge on any atom is -0.277 e. The summed E-state index contributed by atoms with van der Waals surface area (Å²) in [4.78, 5) is 49.7. The molecule has 6 nitrogen and oxygen atoms in total. The van der Waals surface area contributed by atoms with Gasteiger partial charge in [0.15, 0.2) is 0 Å². The van der Waals surface area contributed by atoms with Gasteiger partial charge in [-0.3, -0.25) is 23.7 Å². The van der Waals surface area contributed by atoms with Crippen LogP contribution in [0.5, 0.6) is 0 Å². The van der Waals surface area contributed by atoms with Crippen LogP contribution in [0.4, 0.5) is 0 Å². The molecule has 0 unspecified atom stereocenters. The molecule has 0 aliphatic heterocycles. The van der Waals surface area contributed by atoms with Crippen LogP contribution in [0.3, 0.4) is 0 Å². The third-order valence-corrected chi connectivity index (χ3v) is 4.92. The van der Waals surface area contributed by atoms with E-state index in [1.807, 2.05) is 6.92 Å². The predicted octanol–water partition coefficient (Wildman–Crippen LogP) is 1.40. The molecule has 0 radical (unpaired) electrons. The first-order valence-electron chi connectivity index (χ1n) is 7.46. The van der Waals surface area contributed by atoms with Crippen molar-refractivity contribution in [3.05, 3.63) is 82.3 Å². The van der Waals surface area contributed by atoms with Gasteiger partial charge in [-0.05, 0) is 36.8 Å². The van der Waals surface area contributed by atoms with Gasteiger partial charge in [0.05, 0.1) is 27.2 Å². The highest BCUT2D eigenvalue weighted by atomic mass is 35.5. The Morgan fingerprint density at radius 2 is 1.24 bits per heavy atom.